The zero-order chi connectivity index (χ0) is 6.62. The Labute approximate surface area is 46.2 Å². The second-order valence-electron chi connectivity index (χ2n) is 1.03. The summed E-state index contributed by atoms with van der Waals surface area (Å²) >= 11 is 0. The van der Waals surface area contributed by atoms with Gasteiger partial charge >= 0.3 is 7.82 Å². The van der Waals surface area contributed by atoms with E-state index < -0.39 is 21.0 Å². The lowest BCUT2D eigenvalue weighted by atomic mass is 10.8. The molecule has 0 saturated heterocycles. The van der Waals surface area contributed by atoms with Gasteiger partial charge in [0.05, 0.1) is 6.61 Å². The second-order valence-corrected chi connectivity index (χ2v) is 2.27. The Bertz CT molecular complexity index is 94.6. The first-order valence-corrected chi connectivity index (χ1v) is 3.37. The molecular formula is C2H6O5P. The molecule has 0 rings (SSSR count). The number of hydrogen-bond donors (Lipinski definition) is 2. The molecular weight excluding hydrogens is 135 g/mol. The molecule has 0 aliphatic heterocycles. The predicted molar refractivity (Wildman–Crippen MR) is 23.5 cm³/mol. The molecule has 1 radical (unpaired) electrons. The van der Waals surface area contributed by atoms with Gasteiger partial charge in [0.1, 0.15) is 6.61 Å². The lowest BCUT2D eigenvalue weighted by molar-refractivity contribution is 0.112. The maximum Gasteiger partial charge on any atom is 0.469 e. The fraction of sp³-hybridized carbons (Fsp3) is 1.00. The summed E-state index contributed by atoms with van der Waals surface area (Å²) in [5.41, 5.74) is 0. The van der Waals surface area contributed by atoms with Crippen LogP contribution in [0.25, 0.3) is 0 Å². The van der Waals surface area contributed by atoms with Gasteiger partial charge in [-0.3, -0.25) is 4.52 Å². The van der Waals surface area contributed by atoms with E-state index in [-0.39, 0.29) is 0 Å². The van der Waals surface area contributed by atoms with Crippen molar-refractivity contribution >= 4 is 7.82 Å². The van der Waals surface area contributed by atoms with Gasteiger partial charge in [0.15, 0.2) is 0 Å². The van der Waals surface area contributed by atoms with Crippen LogP contribution in [-0.4, -0.2) is 23.0 Å². The minimum absolute atomic E-state index is 0.440. The minimum Gasteiger partial charge on any atom is -0.303 e. The summed E-state index contributed by atoms with van der Waals surface area (Å²) in [6.07, 6.45) is 0. The van der Waals surface area contributed by atoms with Crippen LogP contribution in [0.4, 0.5) is 0 Å². The predicted octanol–water partition coefficient (Wildman–Crippen LogP) is -0.474. The molecule has 0 atom stereocenters. The smallest absolute Gasteiger partial charge is 0.303 e. The molecule has 49 valence electrons. The van der Waals surface area contributed by atoms with E-state index in [0.29, 0.717) is 0 Å². The van der Waals surface area contributed by atoms with Gasteiger partial charge in [0.25, 0.3) is 0 Å². The third-order valence-electron chi connectivity index (χ3n) is 0.343. The van der Waals surface area contributed by atoms with Gasteiger partial charge in [-0.1, -0.05) is 0 Å². The van der Waals surface area contributed by atoms with E-state index in [1.807, 2.05) is 0 Å². The highest BCUT2D eigenvalue weighted by atomic mass is 31.2. The highest BCUT2D eigenvalue weighted by Gasteiger charge is 2.11. The van der Waals surface area contributed by atoms with E-state index in [1.165, 1.54) is 0 Å². The molecule has 0 aliphatic carbocycles. The Morgan fingerprint density at radius 2 is 2.00 bits per heavy atom. The molecule has 0 unspecified atom stereocenters. The third kappa shape index (κ3) is 6.07. The van der Waals surface area contributed by atoms with E-state index in [4.69, 9.17) is 9.79 Å². The van der Waals surface area contributed by atoms with Crippen LogP contribution in [0.5, 0.6) is 0 Å². The average Bonchev–Trinajstić information content (AvgIpc) is 1.59. The second kappa shape index (κ2) is 3.17. The summed E-state index contributed by atoms with van der Waals surface area (Å²) in [7, 11) is -4.38. The summed E-state index contributed by atoms with van der Waals surface area (Å²) in [5, 5.41) is 9.51. The highest BCUT2D eigenvalue weighted by molar-refractivity contribution is 7.46. The van der Waals surface area contributed by atoms with Crippen molar-refractivity contribution in [2.45, 2.75) is 0 Å². The first-order valence-electron chi connectivity index (χ1n) is 1.84. The van der Waals surface area contributed by atoms with Crippen molar-refractivity contribution in [3.8, 4) is 0 Å². The van der Waals surface area contributed by atoms with Crippen molar-refractivity contribution < 1.29 is 24.0 Å². The lowest BCUT2D eigenvalue weighted by Crippen LogP contribution is -1.94. The molecule has 0 saturated carbocycles. The van der Waals surface area contributed by atoms with Crippen LogP contribution in [-0.2, 0) is 14.2 Å². The Morgan fingerprint density at radius 1 is 1.50 bits per heavy atom. The van der Waals surface area contributed by atoms with Gasteiger partial charge in [0, 0.05) is 0 Å². The van der Waals surface area contributed by atoms with Crippen molar-refractivity contribution in [1.29, 1.82) is 0 Å². The largest absolute Gasteiger partial charge is 0.469 e. The fourth-order valence-corrected chi connectivity index (χ4v) is 0.469. The standard InChI is InChI=1S/C2H6O5P/c3-1-2-7-8(4,5)6/h1-2H2,(H2,4,5,6). The van der Waals surface area contributed by atoms with Gasteiger partial charge in [-0.15, -0.1) is 0 Å². The highest BCUT2D eigenvalue weighted by Crippen LogP contribution is 2.34. The van der Waals surface area contributed by atoms with Crippen molar-refractivity contribution in [3.63, 3.8) is 0 Å². The minimum atomic E-state index is -4.38. The van der Waals surface area contributed by atoms with Crippen molar-refractivity contribution in [2.24, 2.45) is 0 Å². The Kier molecular flexibility index (Phi) is 3.19. The van der Waals surface area contributed by atoms with E-state index in [1.54, 1.807) is 0 Å². The molecule has 0 aromatic rings. The molecule has 6 heteroatoms. The van der Waals surface area contributed by atoms with Gasteiger partial charge in [-0.05, 0) is 0 Å². The first kappa shape index (κ1) is 8.07. The Balaban J connectivity index is 3.26. The molecule has 0 aliphatic rings. The fourth-order valence-electron chi connectivity index (χ4n) is 0.156. The van der Waals surface area contributed by atoms with E-state index in [2.05, 4.69) is 4.52 Å². The summed E-state index contributed by atoms with van der Waals surface area (Å²) in [5.74, 6) is 0. The summed E-state index contributed by atoms with van der Waals surface area (Å²) < 4.78 is 13.5. The van der Waals surface area contributed by atoms with Gasteiger partial charge in [-0.25, -0.2) is 9.67 Å². The van der Waals surface area contributed by atoms with Crippen LogP contribution >= 0.6 is 7.82 Å². The first-order chi connectivity index (χ1) is 3.56. The van der Waals surface area contributed by atoms with E-state index in [0.717, 1.165) is 0 Å². The van der Waals surface area contributed by atoms with Crippen LogP contribution < -0.4 is 0 Å². The van der Waals surface area contributed by atoms with Gasteiger partial charge in [0.2, 0.25) is 0 Å². The number of rotatable bonds is 3. The molecule has 0 aromatic heterocycles. The van der Waals surface area contributed by atoms with Crippen LogP contribution in [0.15, 0.2) is 0 Å². The van der Waals surface area contributed by atoms with Crippen LogP contribution in [0, 0.1) is 0 Å². The number of phosphoric acid groups is 1. The normalized spacial score (nSPS) is 11.9. The summed E-state index contributed by atoms with van der Waals surface area (Å²) in [6, 6.07) is 0. The molecule has 8 heavy (non-hydrogen) atoms. The van der Waals surface area contributed by atoms with E-state index >= 15 is 0 Å². The third-order valence-corrected chi connectivity index (χ3v) is 0.862. The SMILES string of the molecule is [O]CCOP(=O)(O)O. The molecule has 0 bridgehead atoms. The summed E-state index contributed by atoms with van der Waals surface area (Å²) in [4.78, 5) is 15.8. The van der Waals surface area contributed by atoms with Gasteiger partial charge in [-0.2, -0.15) is 0 Å². The van der Waals surface area contributed by atoms with Gasteiger partial charge < -0.3 is 9.79 Å². The molecule has 5 nitrogen and oxygen atoms in total. The molecule has 0 amide bonds. The molecule has 0 heterocycles. The van der Waals surface area contributed by atoms with Crippen LogP contribution in [0.2, 0.25) is 0 Å². The monoisotopic (exact) mass is 141 g/mol. The lowest BCUT2D eigenvalue weighted by Gasteiger charge is -1.99. The number of hydrogen-bond acceptors (Lipinski definition) is 2. The van der Waals surface area contributed by atoms with E-state index in [9.17, 15) is 9.67 Å². The molecule has 0 spiro atoms. The maximum absolute atomic E-state index is 9.72. The Morgan fingerprint density at radius 3 is 2.12 bits per heavy atom. The molecule has 0 fully saturated rings. The quantitative estimate of drug-likeness (QED) is 0.520. The number of phosphoric ester groups is 1. The summed E-state index contributed by atoms with van der Waals surface area (Å²) in [6.45, 7) is -1.07. The van der Waals surface area contributed by atoms with Crippen molar-refractivity contribution in [3.05, 3.63) is 0 Å². The topological polar surface area (TPSA) is 86.7 Å². The van der Waals surface area contributed by atoms with Crippen LogP contribution in [0.3, 0.4) is 0 Å². The zero-order valence-corrected chi connectivity index (χ0v) is 4.88. The van der Waals surface area contributed by atoms with Crippen molar-refractivity contribution in [2.75, 3.05) is 13.2 Å². The Hall–Kier alpha value is 0.0700. The average molecular weight is 141 g/mol. The maximum atomic E-state index is 9.72. The van der Waals surface area contributed by atoms with Crippen LogP contribution in [0.1, 0.15) is 0 Å². The van der Waals surface area contributed by atoms with Crippen molar-refractivity contribution in [1.82, 2.24) is 0 Å². The zero-order valence-electron chi connectivity index (χ0n) is 3.98. The molecule has 2 N–H and O–H groups in total. The molecule has 0 aromatic carbocycles.